The number of hydrogen-bond acceptors (Lipinski definition) is 8. The van der Waals surface area contributed by atoms with Gasteiger partial charge in [-0.05, 0) is 23.6 Å². The topological polar surface area (TPSA) is 148 Å². The predicted molar refractivity (Wildman–Crippen MR) is 113 cm³/mol. The molecule has 2 heterocycles. The molecule has 11 heteroatoms. The number of methoxy groups -OCH3 is 1. The van der Waals surface area contributed by atoms with Gasteiger partial charge in [0.05, 0.1) is 25.9 Å². The molecule has 2 N–H and O–H groups in total. The molecular weight excluding hydrogens is 412 g/mol. The molecule has 0 radical (unpaired) electrons. The smallest absolute Gasteiger partial charge is 0.274 e. The van der Waals surface area contributed by atoms with E-state index in [1.807, 2.05) is 31.2 Å². The van der Waals surface area contributed by atoms with Crippen molar-refractivity contribution in [2.24, 2.45) is 0 Å². The fourth-order valence-corrected chi connectivity index (χ4v) is 2.78. The van der Waals surface area contributed by atoms with E-state index in [0.29, 0.717) is 11.4 Å². The number of nitriles is 1. The molecule has 3 aromatic rings. The molecule has 0 fully saturated rings. The van der Waals surface area contributed by atoms with Gasteiger partial charge in [0.2, 0.25) is 5.88 Å². The standard InChI is InChI=1S/C21H22N8O3/c1-3-14-4-6-15(7-5-14)17(12-22)24-21(31)18-13-29(28-26-18)11-10-23-20(30)16-8-9-19(32-2)27-25-16/h4-9,13,17H,3,10-11H2,1-2H3,(H,23,30)(H,24,31). The highest BCUT2D eigenvalue weighted by Crippen LogP contribution is 2.14. The van der Waals surface area contributed by atoms with Crippen molar-refractivity contribution in [2.45, 2.75) is 25.9 Å². The lowest BCUT2D eigenvalue weighted by Gasteiger charge is -2.11. The molecule has 1 unspecified atom stereocenters. The zero-order chi connectivity index (χ0) is 22.9. The van der Waals surface area contributed by atoms with E-state index in [9.17, 15) is 14.9 Å². The van der Waals surface area contributed by atoms with Gasteiger partial charge in [-0.3, -0.25) is 9.59 Å². The summed E-state index contributed by atoms with van der Waals surface area (Å²) in [4.78, 5) is 24.6. The second-order valence-electron chi connectivity index (χ2n) is 6.71. The normalized spacial score (nSPS) is 11.3. The molecule has 0 saturated carbocycles. The van der Waals surface area contributed by atoms with E-state index in [1.165, 1.54) is 30.1 Å². The number of hydrogen-bond donors (Lipinski definition) is 2. The molecule has 3 rings (SSSR count). The Balaban J connectivity index is 1.52. The van der Waals surface area contributed by atoms with E-state index in [2.05, 4.69) is 37.2 Å². The van der Waals surface area contributed by atoms with Crippen LogP contribution in [0.4, 0.5) is 0 Å². The summed E-state index contributed by atoms with van der Waals surface area (Å²) >= 11 is 0. The first kappa shape index (κ1) is 22.4. The van der Waals surface area contributed by atoms with Crippen molar-refractivity contribution in [1.29, 1.82) is 5.26 Å². The first-order valence-corrected chi connectivity index (χ1v) is 9.89. The zero-order valence-electron chi connectivity index (χ0n) is 17.6. The van der Waals surface area contributed by atoms with Gasteiger partial charge in [0.15, 0.2) is 11.4 Å². The van der Waals surface area contributed by atoms with Crippen molar-refractivity contribution in [2.75, 3.05) is 13.7 Å². The summed E-state index contributed by atoms with van der Waals surface area (Å²) < 4.78 is 6.32. The Morgan fingerprint density at radius 2 is 1.88 bits per heavy atom. The Kier molecular flexibility index (Phi) is 7.42. The Labute approximate surface area is 184 Å². The third kappa shape index (κ3) is 5.63. The number of carbonyl (C=O) groups excluding carboxylic acids is 2. The largest absolute Gasteiger partial charge is 0.480 e. The molecule has 1 aromatic carbocycles. The number of benzene rings is 1. The molecule has 0 spiro atoms. The van der Waals surface area contributed by atoms with Crippen LogP contribution in [0.5, 0.6) is 5.88 Å². The Morgan fingerprint density at radius 1 is 1.09 bits per heavy atom. The van der Waals surface area contributed by atoms with Crippen LogP contribution in [0.3, 0.4) is 0 Å². The lowest BCUT2D eigenvalue weighted by atomic mass is 10.0. The summed E-state index contributed by atoms with van der Waals surface area (Å²) in [5.74, 6) is -0.601. The lowest BCUT2D eigenvalue weighted by molar-refractivity contribution is 0.0933. The van der Waals surface area contributed by atoms with Crippen molar-refractivity contribution in [3.05, 3.63) is 65.1 Å². The average Bonchev–Trinajstić information content (AvgIpc) is 3.31. The summed E-state index contributed by atoms with van der Waals surface area (Å²) in [6.07, 6.45) is 2.34. The molecule has 2 amide bonds. The second-order valence-corrected chi connectivity index (χ2v) is 6.71. The average molecular weight is 434 g/mol. The van der Waals surface area contributed by atoms with E-state index < -0.39 is 17.9 Å². The highest BCUT2D eigenvalue weighted by molar-refractivity contribution is 5.92. The van der Waals surface area contributed by atoms with Crippen LogP contribution in [-0.4, -0.2) is 50.7 Å². The molecule has 0 aliphatic rings. The van der Waals surface area contributed by atoms with Gasteiger partial charge in [0.1, 0.15) is 6.04 Å². The van der Waals surface area contributed by atoms with Crippen molar-refractivity contribution in [3.63, 3.8) is 0 Å². The second kappa shape index (κ2) is 10.6. The molecular formula is C21H22N8O3. The van der Waals surface area contributed by atoms with Gasteiger partial charge >= 0.3 is 0 Å². The van der Waals surface area contributed by atoms with Gasteiger partial charge in [-0.25, -0.2) is 4.68 Å². The monoisotopic (exact) mass is 434 g/mol. The van der Waals surface area contributed by atoms with Gasteiger partial charge in [-0.1, -0.05) is 36.4 Å². The third-order valence-corrected chi connectivity index (χ3v) is 4.61. The van der Waals surface area contributed by atoms with Crippen molar-refractivity contribution < 1.29 is 14.3 Å². The van der Waals surface area contributed by atoms with E-state index in [-0.39, 0.29) is 24.5 Å². The van der Waals surface area contributed by atoms with Gasteiger partial charge in [0.25, 0.3) is 11.8 Å². The maximum Gasteiger partial charge on any atom is 0.274 e. The van der Waals surface area contributed by atoms with Crippen LogP contribution in [0.2, 0.25) is 0 Å². The van der Waals surface area contributed by atoms with Crippen molar-refractivity contribution in [1.82, 2.24) is 35.8 Å². The summed E-state index contributed by atoms with van der Waals surface area (Å²) in [6, 6.07) is 11.8. The zero-order valence-corrected chi connectivity index (χ0v) is 17.6. The van der Waals surface area contributed by atoms with E-state index in [4.69, 9.17) is 4.74 Å². The number of carbonyl (C=O) groups is 2. The van der Waals surface area contributed by atoms with Crippen LogP contribution in [0.15, 0.2) is 42.6 Å². The van der Waals surface area contributed by atoms with Crippen LogP contribution in [0.1, 0.15) is 45.1 Å². The number of ether oxygens (including phenoxy) is 1. The van der Waals surface area contributed by atoms with E-state index in [1.54, 1.807) is 0 Å². The minimum atomic E-state index is -0.802. The number of nitrogens with one attached hydrogen (secondary N) is 2. The number of nitrogens with zero attached hydrogens (tertiary/aromatic N) is 6. The minimum absolute atomic E-state index is 0.0720. The molecule has 0 bridgehead atoms. The summed E-state index contributed by atoms with van der Waals surface area (Å²) in [6.45, 7) is 2.57. The number of aryl methyl sites for hydroxylation is 1. The molecule has 0 aliphatic heterocycles. The predicted octanol–water partition coefficient (Wildman–Crippen LogP) is 1.06. The number of rotatable bonds is 9. The van der Waals surface area contributed by atoms with E-state index in [0.717, 1.165) is 12.0 Å². The van der Waals surface area contributed by atoms with Crippen molar-refractivity contribution in [3.8, 4) is 11.9 Å². The fourth-order valence-electron chi connectivity index (χ4n) is 2.78. The van der Waals surface area contributed by atoms with Crippen LogP contribution in [-0.2, 0) is 13.0 Å². The SMILES string of the molecule is CCc1ccc(C(C#N)NC(=O)c2cn(CCNC(=O)c3ccc(OC)nn3)nn2)cc1. The molecule has 164 valence electrons. The van der Waals surface area contributed by atoms with E-state index >= 15 is 0 Å². The Morgan fingerprint density at radius 3 is 2.50 bits per heavy atom. The highest BCUT2D eigenvalue weighted by Gasteiger charge is 2.18. The Bertz CT molecular complexity index is 1100. The van der Waals surface area contributed by atoms with Gasteiger partial charge in [0, 0.05) is 12.6 Å². The third-order valence-electron chi connectivity index (χ3n) is 4.61. The number of aromatic nitrogens is 5. The van der Waals surface area contributed by atoms with Crippen molar-refractivity contribution >= 4 is 11.8 Å². The van der Waals surface area contributed by atoms with Gasteiger partial charge < -0.3 is 15.4 Å². The van der Waals surface area contributed by atoms with Crippen LogP contribution in [0.25, 0.3) is 0 Å². The molecule has 11 nitrogen and oxygen atoms in total. The first-order chi connectivity index (χ1) is 15.5. The van der Waals surface area contributed by atoms with Gasteiger partial charge in [-0.15, -0.1) is 15.3 Å². The van der Waals surface area contributed by atoms with Gasteiger partial charge in [-0.2, -0.15) is 5.26 Å². The summed E-state index contributed by atoms with van der Waals surface area (Å²) in [5, 5.41) is 30.0. The molecule has 32 heavy (non-hydrogen) atoms. The molecule has 2 aromatic heterocycles. The van der Waals surface area contributed by atoms with Crippen LogP contribution in [0, 0.1) is 11.3 Å². The minimum Gasteiger partial charge on any atom is -0.480 e. The summed E-state index contributed by atoms with van der Waals surface area (Å²) in [7, 11) is 1.46. The molecule has 0 saturated heterocycles. The first-order valence-electron chi connectivity index (χ1n) is 9.89. The molecule has 0 aliphatic carbocycles. The fraction of sp³-hybridized carbons (Fsp3) is 0.286. The number of amides is 2. The molecule has 1 atom stereocenters. The quantitative estimate of drug-likeness (QED) is 0.508. The van der Waals surface area contributed by atoms with Crippen LogP contribution >= 0.6 is 0 Å². The maximum atomic E-state index is 12.5. The maximum absolute atomic E-state index is 12.5. The highest BCUT2D eigenvalue weighted by atomic mass is 16.5. The Hall–Kier alpha value is -4.33. The lowest BCUT2D eigenvalue weighted by Crippen LogP contribution is -2.28. The summed E-state index contributed by atoms with van der Waals surface area (Å²) in [5.41, 5.74) is 2.06. The van der Waals surface area contributed by atoms with Crippen LogP contribution < -0.4 is 15.4 Å².